The first-order chi connectivity index (χ1) is 27.0. The molecule has 0 spiro atoms. The Bertz CT molecular complexity index is 2110. The summed E-state index contributed by atoms with van der Waals surface area (Å²) in [6, 6.07) is 11.4. The Labute approximate surface area is 325 Å². The lowest BCUT2D eigenvalue weighted by molar-refractivity contribution is -0.137. The lowest BCUT2D eigenvalue weighted by Gasteiger charge is -2.33. The second kappa shape index (κ2) is 16.2. The number of hydrogen-bond acceptors (Lipinski definition) is 9. The van der Waals surface area contributed by atoms with Gasteiger partial charge >= 0.3 is 12.2 Å². The summed E-state index contributed by atoms with van der Waals surface area (Å²) >= 11 is 0. The number of benzene rings is 2. The van der Waals surface area contributed by atoms with Gasteiger partial charge in [-0.25, -0.2) is 19.6 Å². The summed E-state index contributed by atoms with van der Waals surface area (Å²) in [4.78, 5) is 70.5. The maximum absolute atomic E-state index is 14.0. The molecule has 56 heavy (non-hydrogen) atoms. The zero-order chi connectivity index (χ0) is 39.7. The fourth-order valence-corrected chi connectivity index (χ4v) is 8.46. The molecule has 3 aliphatic rings. The summed E-state index contributed by atoms with van der Waals surface area (Å²) in [6.07, 6.45) is 4.77. The maximum atomic E-state index is 14.0. The molecule has 2 aromatic heterocycles. The molecular weight excluding hydrogens is 716 g/mol. The Morgan fingerprint density at radius 2 is 1.50 bits per heavy atom. The number of nitrogens with zero attached hydrogens (tertiary/aromatic N) is 4. The van der Waals surface area contributed by atoms with Crippen molar-refractivity contribution in [3.05, 3.63) is 71.6 Å². The Morgan fingerprint density at radius 3 is 2.11 bits per heavy atom. The van der Waals surface area contributed by atoms with Gasteiger partial charge in [-0.15, -0.1) is 0 Å². The number of amides is 4. The Balaban J connectivity index is 1.09. The van der Waals surface area contributed by atoms with Crippen molar-refractivity contribution in [3.8, 4) is 33.6 Å². The molecule has 3 aliphatic heterocycles. The molecule has 5 atom stereocenters. The van der Waals surface area contributed by atoms with Gasteiger partial charge in [0, 0.05) is 12.6 Å². The van der Waals surface area contributed by atoms with E-state index in [2.05, 4.69) is 73.6 Å². The zero-order valence-electron chi connectivity index (χ0n) is 32.7. The van der Waals surface area contributed by atoms with Crippen LogP contribution in [0, 0.1) is 11.8 Å². The molecule has 4 N–H and O–H groups in total. The number of aromatic amines is 2. The van der Waals surface area contributed by atoms with E-state index in [1.165, 1.54) is 14.2 Å². The number of likely N-dealkylation sites (tertiary alicyclic amines) is 2. The number of H-pyrrole nitrogens is 2. The van der Waals surface area contributed by atoms with Crippen LogP contribution >= 0.6 is 0 Å². The lowest BCUT2D eigenvalue weighted by Crippen LogP contribution is -2.52. The number of imidazole rings is 2. The van der Waals surface area contributed by atoms with E-state index in [9.17, 15) is 19.2 Å². The molecule has 7 rings (SSSR count). The van der Waals surface area contributed by atoms with Crippen molar-refractivity contribution in [2.24, 2.45) is 11.8 Å². The number of carbonyl (C=O) groups excluding carboxylic acids is 4. The molecule has 0 aliphatic carbocycles. The molecule has 0 unspecified atom stereocenters. The summed E-state index contributed by atoms with van der Waals surface area (Å²) < 4.78 is 15.6. The van der Waals surface area contributed by atoms with Gasteiger partial charge in [-0.2, -0.15) is 0 Å². The van der Waals surface area contributed by atoms with Gasteiger partial charge in [0.2, 0.25) is 11.8 Å². The predicted molar refractivity (Wildman–Crippen MR) is 207 cm³/mol. The minimum absolute atomic E-state index is 0.0335. The molecule has 296 valence electrons. The highest BCUT2D eigenvalue weighted by Crippen LogP contribution is 2.42. The SMILES string of the molecule is COC(=O)NCC(=O)N1CCC[C@H]1c1ncc(-c2ccc3c(c2)COCc2cc(-c4cnc([C@@H]5[C@@H](C)C[C@@H](C)N5C(=O)[C@@H](NC(=O)OC)C(C)C)[nH]4)ccc2-3)[nH]1. The number of nitrogens with one attached hydrogen (secondary N) is 4. The molecule has 15 nitrogen and oxygen atoms in total. The van der Waals surface area contributed by atoms with Gasteiger partial charge in [0.1, 0.15) is 24.2 Å². The number of aromatic nitrogens is 4. The van der Waals surface area contributed by atoms with Crippen LogP contribution in [-0.4, -0.2) is 93.1 Å². The first kappa shape index (κ1) is 38.6. The second-order valence-corrected chi connectivity index (χ2v) is 15.3. The standard InChI is InChI=1S/C41H50N8O7/c1-22(2)35(47-41(53)55-6)39(51)49-24(4)14-23(3)36(49)38-43-18-32(46-38)26-10-12-30-28(16-26)21-56-20-27-15-25(9-11-29(27)30)31-17-42-37(45-31)33-8-7-13-48(33)34(50)19-44-40(52)54-5/h9-12,15-18,22-24,33,35-36H,7-8,13-14,19-21H2,1-6H3,(H,42,45)(H,43,46)(H,44,52)(H,47,53)/t23-,24+,33-,35-,36-/m0/s1. The molecule has 2 saturated heterocycles. The minimum Gasteiger partial charge on any atom is -0.453 e. The number of alkyl carbamates (subject to hydrolysis) is 2. The zero-order valence-corrected chi connectivity index (χ0v) is 32.7. The fourth-order valence-electron chi connectivity index (χ4n) is 8.46. The van der Waals surface area contributed by atoms with Crippen molar-refractivity contribution < 1.29 is 33.4 Å². The normalized spacial score (nSPS) is 20.9. The quantitative estimate of drug-likeness (QED) is 0.162. The highest BCUT2D eigenvalue weighted by molar-refractivity contribution is 5.87. The van der Waals surface area contributed by atoms with Crippen molar-refractivity contribution in [3.63, 3.8) is 0 Å². The monoisotopic (exact) mass is 766 g/mol. The first-order valence-electron chi connectivity index (χ1n) is 19.2. The predicted octanol–water partition coefficient (Wildman–Crippen LogP) is 5.86. The van der Waals surface area contributed by atoms with Gasteiger partial charge in [0.25, 0.3) is 0 Å². The van der Waals surface area contributed by atoms with Crippen molar-refractivity contribution in [2.75, 3.05) is 27.3 Å². The van der Waals surface area contributed by atoms with Gasteiger partial charge < -0.3 is 44.6 Å². The van der Waals surface area contributed by atoms with E-state index in [-0.39, 0.29) is 48.3 Å². The molecule has 4 aromatic rings. The number of ether oxygens (including phenoxy) is 3. The van der Waals surface area contributed by atoms with Crippen LogP contribution in [0.3, 0.4) is 0 Å². The van der Waals surface area contributed by atoms with E-state index >= 15 is 0 Å². The smallest absolute Gasteiger partial charge is 0.407 e. The summed E-state index contributed by atoms with van der Waals surface area (Å²) in [5.74, 6) is 1.10. The Hall–Kier alpha value is -5.70. The number of carbonyl (C=O) groups is 4. The summed E-state index contributed by atoms with van der Waals surface area (Å²) in [6.45, 7) is 9.31. The third-order valence-electron chi connectivity index (χ3n) is 11.2. The van der Waals surface area contributed by atoms with Crippen LogP contribution in [0.1, 0.15) is 81.8 Å². The summed E-state index contributed by atoms with van der Waals surface area (Å²) in [5.41, 5.74) is 7.88. The van der Waals surface area contributed by atoms with Crippen molar-refractivity contribution in [1.29, 1.82) is 0 Å². The van der Waals surface area contributed by atoms with E-state index < -0.39 is 18.2 Å². The third-order valence-corrected chi connectivity index (χ3v) is 11.2. The molecule has 15 heteroatoms. The molecule has 4 amide bonds. The average Bonchev–Trinajstić information content (AvgIpc) is 4.01. The van der Waals surface area contributed by atoms with E-state index in [1.54, 1.807) is 11.1 Å². The lowest BCUT2D eigenvalue weighted by atomic mass is 9.93. The Kier molecular flexibility index (Phi) is 11.1. The molecule has 2 fully saturated rings. The van der Waals surface area contributed by atoms with E-state index in [1.807, 2.05) is 31.9 Å². The topological polar surface area (TPSA) is 184 Å². The van der Waals surface area contributed by atoms with Gasteiger partial charge in [-0.05, 0) is 83.5 Å². The van der Waals surface area contributed by atoms with Crippen LogP contribution < -0.4 is 10.6 Å². The third kappa shape index (κ3) is 7.59. The number of methoxy groups -OCH3 is 2. The molecule has 0 radical (unpaired) electrons. The molecule has 5 heterocycles. The van der Waals surface area contributed by atoms with Crippen LogP contribution in [0.4, 0.5) is 9.59 Å². The Morgan fingerprint density at radius 1 is 0.893 bits per heavy atom. The summed E-state index contributed by atoms with van der Waals surface area (Å²) in [7, 11) is 2.56. The van der Waals surface area contributed by atoms with Crippen molar-refractivity contribution in [2.45, 2.75) is 84.3 Å². The van der Waals surface area contributed by atoms with Crippen LogP contribution in [0.15, 0.2) is 48.8 Å². The average molecular weight is 767 g/mol. The van der Waals surface area contributed by atoms with Crippen LogP contribution in [0.2, 0.25) is 0 Å². The van der Waals surface area contributed by atoms with Crippen molar-refractivity contribution in [1.82, 2.24) is 40.4 Å². The molecule has 0 bridgehead atoms. The van der Waals surface area contributed by atoms with Crippen LogP contribution in [-0.2, 0) is 37.0 Å². The van der Waals surface area contributed by atoms with Gasteiger partial charge in [0.05, 0.1) is 63.3 Å². The van der Waals surface area contributed by atoms with Gasteiger partial charge in [0.15, 0.2) is 0 Å². The minimum atomic E-state index is -0.725. The van der Waals surface area contributed by atoms with Gasteiger partial charge in [-0.1, -0.05) is 45.0 Å². The molecular formula is C41H50N8O7. The number of fused-ring (bicyclic) bond motifs is 3. The van der Waals surface area contributed by atoms with Crippen molar-refractivity contribution >= 4 is 24.0 Å². The maximum Gasteiger partial charge on any atom is 0.407 e. The fraction of sp³-hybridized carbons (Fsp3) is 0.463. The first-order valence-corrected chi connectivity index (χ1v) is 19.2. The summed E-state index contributed by atoms with van der Waals surface area (Å²) in [5, 5.41) is 5.20. The van der Waals surface area contributed by atoms with E-state index in [0.29, 0.717) is 31.4 Å². The second-order valence-electron chi connectivity index (χ2n) is 15.3. The van der Waals surface area contributed by atoms with E-state index in [4.69, 9.17) is 14.5 Å². The van der Waals surface area contributed by atoms with Crippen LogP contribution in [0.5, 0.6) is 0 Å². The highest BCUT2D eigenvalue weighted by Gasteiger charge is 2.45. The highest BCUT2D eigenvalue weighted by atomic mass is 16.5. The number of hydrogen-bond donors (Lipinski definition) is 4. The number of rotatable bonds is 9. The molecule has 2 aromatic carbocycles. The van der Waals surface area contributed by atoms with E-state index in [0.717, 1.165) is 64.0 Å². The van der Waals surface area contributed by atoms with Gasteiger partial charge in [-0.3, -0.25) is 9.59 Å². The largest absolute Gasteiger partial charge is 0.453 e. The van der Waals surface area contributed by atoms with Crippen LogP contribution in [0.25, 0.3) is 33.6 Å². The molecule has 0 saturated carbocycles.